The molecule has 9 nitrogen and oxygen atoms in total. The standard InChI is InChI=1S/C24H32N2O7Si/c1-24(2,3)34(5,6)33-20-17(15-31-4)22(32-18(20)14-27)25-13-12-19(28)26(23(25)30)21(29)16-10-8-7-9-11-16/h7-14,17-18,20,22H,15H2,1-6H3/t17-,18-,20+,22-/m1/s1. The molecule has 1 saturated heterocycles. The molecule has 0 unspecified atom stereocenters. The van der Waals surface area contributed by atoms with Gasteiger partial charge in [-0.05, 0) is 30.3 Å². The molecule has 1 aliphatic heterocycles. The Morgan fingerprint density at radius 1 is 1.15 bits per heavy atom. The molecule has 4 atom stereocenters. The highest BCUT2D eigenvalue weighted by Crippen LogP contribution is 2.43. The second-order valence-corrected chi connectivity index (χ2v) is 14.7. The zero-order valence-electron chi connectivity index (χ0n) is 20.4. The zero-order chi connectivity index (χ0) is 25.3. The Morgan fingerprint density at radius 2 is 1.79 bits per heavy atom. The highest BCUT2D eigenvalue weighted by molar-refractivity contribution is 6.74. The highest BCUT2D eigenvalue weighted by Gasteiger charge is 2.51. The van der Waals surface area contributed by atoms with Gasteiger partial charge in [0.15, 0.2) is 14.6 Å². The predicted octanol–water partition coefficient (Wildman–Crippen LogP) is 2.45. The van der Waals surface area contributed by atoms with Crippen LogP contribution in [0.2, 0.25) is 18.1 Å². The van der Waals surface area contributed by atoms with Gasteiger partial charge >= 0.3 is 5.69 Å². The lowest BCUT2D eigenvalue weighted by Gasteiger charge is -2.40. The Morgan fingerprint density at radius 3 is 2.35 bits per heavy atom. The van der Waals surface area contributed by atoms with E-state index in [1.165, 1.54) is 25.4 Å². The Bertz CT molecular complexity index is 1150. The van der Waals surface area contributed by atoms with E-state index in [1.54, 1.807) is 18.2 Å². The summed E-state index contributed by atoms with van der Waals surface area (Å²) in [6, 6.07) is 9.20. The molecule has 0 saturated carbocycles. The average Bonchev–Trinajstić information content (AvgIpc) is 3.10. The second-order valence-electron chi connectivity index (χ2n) is 9.94. The van der Waals surface area contributed by atoms with Crippen molar-refractivity contribution in [2.24, 2.45) is 5.92 Å². The Balaban J connectivity index is 2.06. The summed E-state index contributed by atoms with van der Waals surface area (Å²) in [5.41, 5.74) is -1.41. The van der Waals surface area contributed by atoms with Gasteiger partial charge in [-0.1, -0.05) is 39.0 Å². The lowest BCUT2D eigenvalue weighted by Crippen LogP contribution is -2.49. The number of hydrogen-bond acceptors (Lipinski definition) is 7. The molecule has 0 bridgehead atoms. The largest absolute Gasteiger partial charge is 0.410 e. The number of aromatic nitrogens is 2. The van der Waals surface area contributed by atoms with Gasteiger partial charge in [-0.2, -0.15) is 4.57 Å². The van der Waals surface area contributed by atoms with Gasteiger partial charge in [0.05, 0.1) is 18.6 Å². The molecule has 0 spiro atoms. The van der Waals surface area contributed by atoms with Crippen LogP contribution in [0, 0.1) is 5.92 Å². The molecule has 0 N–H and O–H groups in total. The lowest BCUT2D eigenvalue weighted by atomic mass is 10.0. The van der Waals surface area contributed by atoms with Crippen molar-refractivity contribution in [2.75, 3.05) is 13.7 Å². The number of nitrogens with zero attached hydrogens (tertiary/aromatic N) is 2. The number of aldehydes is 1. The normalized spacial score (nSPS) is 23.1. The van der Waals surface area contributed by atoms with Crippen molar-refractivity contribution < 1.29 is 23.5 Å². The fraction of sp³-hybridized carbons (Fsp3) is 0.500. The minimum Gasteiger partial charge on any atom is -0.410 e. The van der Waals surface area contributed by atoms with Crippen LogP contribution in [0.3, 0.4) is 0 Å². The van der Waals surface area contributed by atoms with Gasteiger partial charge in [-0.3, -0.25) is 14.2 Å². The number of ether oxygens (including phenoxy) is 2. The Labute approximate surface area is 199 Å². The minimum atomic E-state index is -2.32. The summed E-state index contributed by atoms with van der Waals surface area (Å²) >= 11 is 0. The molecule has 1 fully saturated rings. The molecule has 184 valence electrons. The van der Waals surface area contributed by atoms with Crippen LogP contribution < -0.4 is 11.2 Å². The molecular formula is C24H32N2O7Si. The first-order valence-electron chi connectivity index (χ1n) is 11.1. The Kier molecular flexibility index (Phi) is 7.56. The monoisotopic (exact) mass is 488 g/mol. The van der Waals surface area contributed by atoms with Crippen LogP contribution >= 0.6 is 0 Å². The van der Waals surface area contributed by atoms with Gasteiger partial charge in [0.1, 0.15) is 12.3 Å². The van der Waals surface area contributed by atoms with Crippen molar-refractivity contribution in [1.82, 2.24) is 9.13 Å². The predicted molar refractivity (Wildman–Crippen MR) is 129 cm³/mol. The van der Waals surface area contributed by atoms with Crippen LogP contribution in [0.4, 0.5) is 0 Å². The van der Waals surface area contributed by atoms with Crippen molar-refractivity contribution in [3.8, 4) is 0 Å². The van der Waals surface area contributed by atoms with E-state index in [4.69, 9.17) is 13.9 Å². The number of rotatable bonds is 7. The van der Waals surface area contributed by atoms with Crippen LogP contribution in [0.1, 0.15) is 37.4 Å². The first-order valence-corrected chi connectivity index (χ1v) is 14.0. The van der Waals surface area contributed by atoms with E-state index in [-0.39, 0.29) is 17.2 Å². The molecule has 2 aromatic rings. The van der Waals surface area contributed by atoms with Gasteiger partial charge in [-0.15, -0.1) is 0 Å². The van der Waals surface area contributed by atoms with Crippen molar-refractivity contribution in [3.05, 3.63) is 69.0 Å². The number of carbonyl (C=O) groups excluding carboxylic acids is 2. The van der Waals surface area contributed by atoms with Crippen molar-refractivity contribution in [3.63, 3.8) is 0 Å². The molecule has 34 heavy (non-hydrogen) atoms. The smallest absolute Gasteiger partial charge is 0.340 e. The van der Waals surface area contributed by atoms with Crippen LogP contribution in [-0.2, 0) is 18.7 Å². The maximum atomic E-state index is 13.4. The van der Waals surface area contributed by atoms with Crippen LogP contribution in [0.5, 0.6) is 0 Å². The fourth-order valence-corrected chi connectivity index (χ4v) is 5.09. The summed E-state index contributed by atoms with van der Waals surface area (Å²) in [5, 5.41) is -0.123. The van der Waals surface area contributed by atoms with Crippen molar-refractivity contribution in [1.29, 1.82) is 0 Å². The molecule has 0 radical (unpaired) electrons. The number of hydrogen-bond donors (Lipinski definition) is 0. The van der Waals surface area contributed by atoms with Gasteiger partial charge in [0.2, 0.25) is 0 Å². The summed E-state index contributed by atoms with van der Waals surface area (Å²) in [5.74, 6) is -1.27. The molecular weight excluding hydrogens is 456 g/mol. The lowest BCUT2D eigenvalue weighted by molar-refractivity contribution is -0.122. The van der Waals surface area contributed by atoms with Gasteiger partial charge < -0.3 is 18.7 Å². The van der Waals surface area contributed by atoms with Gasteiger partial charge in [-0.25, -0.2) is 4.79 Å². The van der Waals surface area contributed by atoms with E-state index in [9.17, 15) is 19.2 Å². The van der Waals surface area contributed by atoms with Crippen LogP contribution in [0.15, 0.2) is 52.2 Å². The van der Waals surface area contributed by atoms with E-state index in [1.807, 2.05) is 0 Å². The third kappa shape index (κ3) is 4.90. The van der Waals surface area contributed by atoms with E-state index < -0.39 is 49.8 Å². The number of carbonyl (C=O) groups is 2. The first kappa shape index (κ1) is 26.0. The third-order valence-electron chi connectivity index (χ3n) is 6.65. The van der Waals surface area contributed by atoms with Crippen molar-refractivity contribution in [2.45, 2.75) is 57.3 Å². The van der Waals surface area contributed by atoms with E-state index in [0.717, 1.165) is 10.6 Å². The molecule has 0 amide bonds. The maximum Gasteiger partial charge on any atom is 0.340 e. The second kappa shape index (κ2) is 9.91. The third-order valence-corrected chi connectivity index (χ3v) is 11.1. The first-order chi connectivity index (χ1) is 15.9. The minimum absolute atomic E-state index is 0.123. The highest BCUT2D eigenvalue weighted by atomic mass is 28.4. The SMILES string of the molecule is COC[C@@H]1[C@H](O[Si](C)(C)C(C)(C)C)[C@@H](C=O)O[C@H]1n1ccc(=O)n(C(=O)c2ccccc2)c1=O. The molecule has 2 heterocycles. The fourth-order valence-electron chi connectivity index (χ4n) is 3.75. The summed E-state index contributed by atoms with van der Waals surface area (Å²) in [6.45, 7) is 10.5. The average molecular weight is 489 g/mol. The van der Waals surface area contributed by atoms with E-state index >= 15 is 0 Å². The molecule has 1 aromatic heterocycles. The molecule has 3 rings (SSSR count). The van der Waals surface area contributed by atoms with E-state index in [0.29, 0.717) is 10.9 Å². The van der Waals surface area contributed by atoms with E-state index in [2.05, 4.69) is 33.9 Å². The van der Waals surface area contributed by atoms with Crippen molar-refractivity contribution >= 4 is 20.5 Å². The molecule has 10 heteroatoms. The summed E-state index contributed by atoms with van der Waals surface area (Å²) < 4.78 is 19.7. The summed E-state index contributed by atoms with van der Waals surface area (Å²) in [7, 11) is -0.805. The van der Waals surface area contributed by atoms with Crippen LogP contribution in [0.25, 0.3) is 0 Å². The van der Waals surface area contributed by atoms with Gasteiger partial charge in [0.25, 0.3) is 11.5 Å². The van der Waals surface area contributed by atoms with Crippen LogP contribution in [-0.4, -0.2) is 55.6 Å². The molecule has 1 aromatic carbocycles. The summed E-state index contributed by atoms with van der Waals surface area (Å²) in [4.78, 5) is 50.8. The molecule has 1 aliphatic rings. The quantitative estimate of drug-likeness (QED) is 0.435. The number of methoxy groups -OCH3 is 1. The van der Waals surface area contributed by atoms with Gasteiger partial charge in [0, 0.05) is 24.9 Å². The maximum absolute atomic E-state index is 13.4. The zero-order valence-corrected chi connectivity index (χ0v) is 21.4. The number of benzene rings is 1. The Hall–Kier alpha value is -2.66. The summed E-state index contributed by atoms with van der Waals surface area (Å²) in [6.07, 6.45) is -0.607. The topological polar surface area (TPSA) is 106 Å². The molecule has 0 aliphatic carbocycles.